The number of carbonyl (C=O) groups is 1. The minimum absolute atomic E-state index is 0.424. The lowest BCUT2D eigenvalue weighted by molar-refractivity contribution is 0.112. The monoisotopic (exact) mass is 290 g/mol. The molecule has 3 rings (SSSR count). The third-order valence-corrected chi connectivity index (χ3v) is 3.55. The lowest BCUT2D eigenvalue weighted by atomic mass is 10.1. The molecule has 0 aliphatic carbocycles. The van der Waals surface area contributed by atoms with Crippen LogP contribution in [0, 0.1) is 0 Å². The number of furan rings is 1. The summed E-state index contributed by atoms with van der Waals surface area (Å²) in [7, 11) is 0. The molecule has 1 heterocycles. The van der Waals surface area contributed by atoms with E-state index in [1.165, 1.54) is 0 Å². The largest absolute Gasteiger partial charge is 0.455 e. The van der Waals surface area contributed by atoms with Crippen molar-refractivity contribution in [2.24, 2.45) is 0 Å². The number of para-hydroxylation sites is 1. The van der Waals surface area contributed by atoms with E-state index in [0.717, 1.165) is 17.2 Å². The molecule has 0 saturated carbocycles. The number of hydrogen-bond donors (Lipinski definition) is 0. The van der Waals surface area contributed by atoms with Crippen LogP contribution < -0.4 is 0 Å². The number of carbonyl (C=O) groups excluding carboxylic acids is 1. The fourth-order valence-electron chi connectivity index (χ4n) is 1.96. The van der Waals surface area contributed by atoms with Gasteiger partial charge in [-0.2, -0.15) is 0 Å². The highest BCUT2D eigenvalue weighted by Crippen LogP contribution is 2.33. The van der Waals surface area contributed by atoms with Gasteiger partial charge in [0.15, 0.2) is 11.9 Å². The molecule has 19 heavy (non-hydrogen) atoms. The molecule has 2 aromatic carbocycles. The Hall–Kier alpha value is -1.77. The van der Waals surface area contributed by atoms with Crippen LogP contribution in [0.4, 0.5) is 0 Å². The second-order valence-corrected chi connectivity index (χ2v) is 4.94. The Labute approximate surface area is 119 Å². The van der Waals surface area contributed by atoms with E-state index in [0.29, 0.717) is 27.0 Å². The summed E-state index contributed by atoms with van der Waals surface area (Å²) in [6.07, 6.45) is 0.724. The fraction of sp³-hybridized carbons (Fsp3) is 0. The minimum Gasteiger partial charge on any atom is -0.455 e. The molecule has 2 nitrogen and oxygen atoms in total. The third-order valence-electron chi connectivity index (χ3n) is 2.90. The first kappa shape index (κ1) is 12.3. The Morgan fingerprint density at radius 1 is 1.00 bits per heavy atom. The maximum absolute atomic E-state index is 10.9. The van der Waals surface area contributed by atoms with Crippen LogP contribution in [0.5, 0.6) is 0 Å². The van der Waals surface area contributed by atoms with Crippen molar-refractivity contribution < 1.29 is 9.21 Å². The molecular weight excluding hydrogens is 283 g/mol. The second kappa shape index (κ2) is 4.72. The summed E-state index contributed by atoms with van der Waals surface area (Å²) in [6.45, 7) is 0. The second-order valence-electron chi connectivity index (χ2n) is 4.12. The van der Waals surface area contributed by atoms with Gasteiger partial charge in [0.1, 0.15) is 5.76 Å². The summed E-state index contributed by atoms with van der Waals surface area (Å²) in [4.78, 5) is 10.9. The number of benzene rings is 2. The molecule has 94 valence electrons. The van der Waals surface area contributed by atoms with Crippen LogP contribution in [0.1, 0.15) is 10.4 Å². The van der Waals surface area contributed by atoms with E-state index < -0.39 is 0 Å². The molecule has 0 aliphatic heterocycles. The van der Waals surface area contributed by atoms with Crippen molar-refractivity contribution in [3.8, 4) is 11.3 Å². The van der Waals surface area contributed by atoms with Gasteiger partial charge >= 0.3 is 0 Å². The van der Waals surface area contributed by atoms with Crippen LogP contribution >= 0.6 is 23.2 Å². The Kier molecular flexibility index (Phi) is 3.05. The van der Waals surface area contributed by atoms with Crippen molar-refractivity contribution in [1.82, 2.24) is 0 Å². The van der Waals surface area contributed by atoms with Gasteiger partial charge < -0.3 is 4.42 Å². The Balaban J connectivity index is 2.19. The van der Waals surface area contributed by atoms with Gasteiger partial charge in [-0.1, -0.05) is 35.3 Å². The highest BCUT2D eigenvalue weighted by Gasteiger charge is 2.10. The smallest absolute Gasteiger partial charge is 0.153 e. The van der Waals surface area contributed by atoms with E-state index in [1.54, 1.807) is 24.3 Å². The molecule has 0 N–H and O–H groups in total. The van der Waals surface area contributed by atoms with E-state index in [4.69, 9.17) is 27.6 Å². The minimum atomic E-state index is 0.424. The van der Waals surface area contributed by atoms with Gasteiger partial charge in [0, 0.05) is 16.5 Å². The van der Waals surface area contributed by atoms with E-state index in [1.807, 2.05) is 18.2 Å². The zero-order valence-electron chi connectivity index (χ0n) is 9.69. The van der Waals surface area contributed by atoms with Crippen molar-refractivity contribution in [3.63, 3.8) is 0 Å². The van der Waals surface area contributed by atoms with E-state index in [9.17, 15) is 4.79 Å². The van der Waals surface area contributed by atoms with E-state index in [2.05, 4.69) is 0 Å². The zero-order chi connectivity index (χ0) is 13.4. The van der Waals surface area contributed by atoms with Crippen LogP contribution in [0.3, 0.4) is 0 Å². The van der Waals surface area contributed by atoms with Gasteiger partial charge in [-0.05, 0) is 30.3 Å². The van der Waals surface area contributed by atoms with Crippen molar-refractivity contribution >= 4 is 40.5 Å². The highest BCUT2D eigenvalue weighted by atomic mass is 35.5. The molecule has 0 spiro atoms. The van der Waals surface area contributed by atoms with Gasteiger partial charge in [-0.3, -0.25) is 4.79 Å². The normalized spacial score (nSPS) is 10.8. The van der Waals surface area contributed by atoms with Crippen LogP contribution in [-0.2, 0) is 0 Å². The summed E-state index contributed by atoms with van der Waals surface area (Å²) in [5, 5.41) is 1.91. The summed E-state index contributed by atoms with van der Waals surface area (Å²) in [5.74, 6) is 0.655. The Bertz CT molecular complexity index is 775. The maximum Gasteiger partial charge on any atom is 0.153 e. The van der Waals surface area contributed by atoms with Crippen molar-refractivity contribution in [1.29, 1.82) is 0 Å². The number of hydrogen-bond acceptors (Lipinski definition) is 2. The first-order valence-electron chi connectivity index (χ1n) is 5.62. The van der Waals surface area contributed by atoms with Crippen molar-refractivity contribution in [2.45, 2.75) is 0 Å². The molecule has 0 unspecified atom stereocenters. The molecule has 3 aromatic rings. The molecular formula is C15H8Cl2O2. The Morgan fingerprint density at radius 2 is 1.84 bits per heavy atom. The van der Waals surface area contributed by atoms with Crippen LogP contribution in [-0.4, -0.2) is 6.29 Å². The van der Waals surface area contributed by atoms with Crippen LogP contribution in [0.25, 0.3) is 22.3 Å². The summed E-state index contributed by atoms with van der Waals surface area (Å²) >= 11 is 12.0. The van der Waals surface area contributed by atoms with Gasteiger partial charge in [0.25, 0.3) is 0 Å². The molecule has 0 amide bonds. The average molecular weight is 291 g/mol. The SMILES string of the molecule is O=Cc1cc(-c2cc3cccc(Cl)c3o2)ccc1Cl. The number of aldehydes is 1. The standard InChI is InChI=1S/C15H8Cl2O2/c16-12-5-4-9(6-11(12)8-18)14-7-10-2-1-3-13(17)15(10)19-14/h1-8H. The first-order valence-corrected chi connectivity index (χ1v) is 6.38. The summed E-state index contributed by atoms with van der Waals surface area (Å²) in [5.41, 5.74) is 1.87. The number of halogens is 2. The average Bonchev–Trinajstić information content (AvgIpc) is 2.85. The summed E-state index contributed by atoms with van der Waals surface area (Å²) in [6, 6.07) is 12.6. The molecule has 0 radical (unpaired) electrons. The van der Waals surface area contributed by atoms with Gasteiger partial charge in [-0.15, -0.1) is 0 Å². The van der Waals surface area contributed by atoms with E-state index >= 15 is 0 Å². The molecule has 0 saturated heterocycles. The predicted octanol–water partition coefficient (Wildman–Crippen LogP) is 5.22. The fourth-order valence-corrected chi connectivity index (χ4v) is 2.34. The quantitative estimate of drug-likeness (QED) is 0.606. The van der Waals surface area contributed by atoms with Crippen LogP contribution in [0.15, 0.2) is 46.9 Å². The molecule has 0 bridgehead atoms. The van der Waals surface area contributed by atoms with Gasteiger partial charge in [0.05, 0.1) is 10.0 Å². The zero-order valence-corrected chi connectivity index (χ0v) is 11.2. The van der Waals surface area contributed by atoms with Gasteiger partial charge in [-0.25, -0.2) is 0 Å². The van der Waals surface area contributed by atoms with Crippen molar-refractivity contribution in [2.75, 3.05) is 0 Å². The lowest BCUT2D eigenvalue weighted by Gasteiger charge is -2.00. The van der Waals surface area contributed by atoms with Gasteiger partial charge in [0.2, 0.25) is 0 Å². The molecule has 4 heteroatoms. The predicted molar refractivity (Wildman–Crippen MR) is 77.1 cm³/mol. The highest BCUT2D eigenvalue weighted by molar-refractivity contribution is 6.35. The molecule has 0 fully saturated rings. The molecule has 0 atom stereocenters. The summed E-state index contributed by atoms with van der Waals surface area (Å²) < 4.78 is 5.73. The third kappa shape index (κ3) is 2.14. The lowest BCUT2D eigenvalue weighted by Crippen LogP contribution is -1.83. The number of fused-ring (bicyclic) bond motifs is 1. The van der Waals surface area contributed by atoms with Crippen LogP contribution in [0.2, 0.25) is 10.0 Å². The molecule has 0 aliphatic rings. The maximum atomic E-state index is 10.9. The number of rotatable bonds is 2. The van der Waals surface area contributed by atoms with Crippen molar-refractivity contribution in [3.05, 3.63) is 58.1 Å². The molecule has 1 aromatic heterocycles. The van der Waals surface area contributed by atoms with E-state index in [-0.39, 0.29) is 0 Å². The topological polar surface area (TPSA) is 30.2 Å². The Morgan fingerprint density at radius 3 is 2.58 bits per heavy atom. The first-order chi connectivity index (χ1) is 9.19.